The molecule has 0 radical (unpaired) electrons. The summed E-state index contributed by atoms with van der Waals surface area (Å²) in [4.78, 5) is 3.46. The lowest BCUT2D eigenvalue weighted by Gasteiger charge is -2.37. The molecule has 29 heavy (non-hydrogen) atoms. The highest BCUT2D eigenvalue weighted by atomic mass is 16.5. The minimum atomic E-state index is 0.319. The number of hydrogen-bond acceptors (Lipinski definition) is 2. The maximum absolute atomic E-state index is 6.07. The quantitative estimate of drug-likeness (QED) is 0.340. The number of H-pyrrole nitrogens is 1. The van der Waals surface area contributed by atoms with E-state index in [0.29, 0.717) is 17.9 Å². The molecule has 0 bridgehead atoms. The first-order chi connectivity index (χ1) is 14.3. The predicted molar refractivity (Wildman–Crippen MR) is 121 cm³/mol. The standard InChI is InChI=1S/C26H30N2O/c1-2-3-4-7-15-29-18-13-14-25-22(16-18)19-10-8-11-21(19)26(28-25)23-17-27-24-12-6-5-9-20(23)24/h5-6,8-10,12-14,16-17,19,21,26-28H,2-4,7,11,15H2,1H3. The summed E-state index contributed by atoms with van der Waals surface area (Å²) in [5.74, 6) is 2.00. The fourth-order valence-corrected chi connectivity index (χ4v) is 5.04. The van der Waals surface area contributed by atoms with Gasteiger partial charge in [0.05, 0.1) is 12.6 Å². The summed E-state index contributed by atoms with van der Waals surface area (Å²) < 4.78 is 6.07. The number of rotatable bonds is 7. The average Bonchev–Trinajstić information content (AvgIpc) is 3.41. The molecule has 2 heterocycles. The number of aromatic amines is 1. The van der Waals surface area contributed by atoms with E-state index in [0.717, 1.165) is 25.2 Å². The number of aromatic nitrogens is 1. The Balaban J connectivity index is 1.40. The Hall–Kier alpha value is -2.68. The number of unbranched alkanes of at least 4 members (excludes halogenated alkanes) is 3. The van der Waals surface area contributed by atoms with Crippen LogP contribution in [-0.4, -0.2) is 11.6 Å². The third-order valence-electron chi connectivity index (χ3n) is 6.56. The molecule has 1 aliphatic carbocycles. The Kier molecular flexibility index (Phi) is 5.05. The van der Waals surface area contributed by atoms with E-state index in [-0.39, 0.29) is 0 Å². The molecule has 150 valence electrons. The fourth-order valence-electron chi connectivity index (χ4n) is 5.04. The molecule has 1 aromatic heterocycles. The molecule has 0 amide bonds. The van der Waals surface area contributed by atoms with Crippen molar-refractivity contribution < 1.29 is 4.74 Å². The number of para-hydroxylation sites is 1. The summed E-state index contributed by atoms with van der Waals surface area (Å²) in [6.45, 7) is 3.06. The van der Waals surface area contributed by atoms with Crippen molar-refractivity contribution in [2.45, 2.75) is 51.0 Å². The van der Waals surface area contributed by atoms with Crippen molar-refractivity contribution in [2.75, 3.05) is 11.9 Å². The maximum Gasteiger partial charge on any atom is 0.119 e. The van der Waals surface area contributed by atoms with Gasteiger partial charge in [-0.2, -0.15) is 0 Å². The number of anilines is 1. The van der Waals surface area contributed by atoms with E-state index in [1.54, 1.807) is 0 Å². The fraction of sp³-hybridized carbons (Fsp3) is 0.385. The molecule has 5 rings (SSSR count). The first kappa shape index (κ1) is 18.4. The van der Waals surface area contributed by atoms with E-state index in [1.807, 2.05) is 0 Å². The van der Waals surface area contributed by atoms with Crippen molar-refractivity contribution in [3.8, 4) is 5.75 Å². The van der Waals surface area contributed by atoms with Crippen LogP contribution in [-0.2, 0) is 0 Å². The number of ether oxygens (including phenoxy) is 1. The highest BCUT2D eigenvalue weighted by Gasteiger charge is 2.38. The second kappa shape index (κ2) is 7.98. The van der Waals surface area contributed by atoms with E-state index in [4.69, 9.17) is 4.74 Å². The van der Waals surface area contributed by atoms with E-state index >= 15 is 0 Å². The molecule has 2 aromatic carbocycles. The monoisotopic (exact) mass is 386 g/mol. The Labute approximate surface area is 173 Å². The van der Waals surface area contributed by atoms with Crippen molar-refractivity contribution >= 4 is 16.6 Å². The highest BCUT2D eigenvalue weighted by Crippen LogP contribution is 2.51. The molecule has 0 saturated carbocycles. The number of hydrogen-bond donors (Lipinski definition) is 2. The Morgan fingerprint density at radius 1 is 1.03 bits per heavy atom. The van der Waals surface area contributed by atoms with Gasteiger partial charge >= 0.3 is 0 Å². The van der Waals surface area contributed by atoms with Crippen LogP contribution in [0.2, 0.25) is 0 Å². The smallest absolute Gasteiger partial charge is 0.119 e. The summed E-state index contributed by atoms with van der Waals surface area (Å²) in [6, 6.07) is 15.5. The van der Waals surface area contributed by atoms with E-state index in [2.05, 4.69) is 78.0 Å². The molecule has 3 unspecified atom stereocenters. The van der Waals surface area contributed by atoms with Gasteiger partial charge in [0, 0.05) is 28.7 Å². The van der Waals surface area contributed by atoms with Gasteiger partial charge in [-0.25, -0.2) is 0 Å². The van der Waals surface area contributed by atoms with Crippen LogP contribution in [0.4, 0.5) is 5.69 Å². The van der Waals surface area contributed by atoms with Gasteiger partial charge in [0.1, 0.15) is 5.75 Å². The van der Waals surface area contributed by atoms with Crippen molar-refractivity contribution in [2.24, 2.45) is 5.92 Å². The predicted octanol–water partition coefficient (Wildman–Crippen LogP) is 6.95. The molecule has 0 saturated heterocycles. The molecule has 2 N–H and O–H groups in total. The van der Waals surface area contributed by atoms with Gasteiger partial charge in [-0.15, -0.1) is 0 Å². The second-order valence-corrected chi connectivity index (χ2v) is 8.42. The average molecular weight is 387 g/mol. The molecule has 3 heteroatoms. The van der Waals surface area contributed by atoms with Crippen LogP contribution in [0.15, 0.2) is 60.8 Å². The van der Waals surface area contributed by atoms with Crippen LogP contribution in [0.25, 0.3) is 10.9 Å². The number of nitrogens with one attached hydrogen (secondary N) is 2. The van der Waals surface area contributed by atoms with Crippen molar-refractivity contribution in [1.29, 1.82) is 0 Å². The topological polar surface area (TPSA) is 37.0 Å². The van der Waals surface area contributed by atoms with Crippen molar-refractivity contribution in [3.05, 3.63) is 71.9 Å². The van der Waals surface area contributed by atoms with Crippen LogP contribution < -0.4 is 10.1 Å². The molecule has 3 atom stereocenters. The molecule has 1 aliphatic heterocycles. The van der Waals surface area contributed by atoms with Gasteiger partial charge in [-0.1, -0.05) is 56.5 Å². The van der Waals surface area contributed by atoms with Gasteiger partial charge in [-0.3, -0.25) is 0 Å². The Morgan fingerprint density at radius 3 is 2.90 bits per heavy atom. The molecular formula is C26H30N2O. The van der Waals surface area contributed by atoms with Crippen LogP contribution in [0, 0.1) is 5.92 Å². The third kappa shape index (κ3) is 3.43. The Morgan fingerprint density at radius 2 is 1.97 bits per heavy atom. The Bertz CT molecular complexity index is 1020. The first-order valence-corrected chi connectivity index (χ1v) is 11.1. The summed E-state index contributed by atoms with van der Waals surface area (Å²) in [6.07, 6.45) is 13.0. The van der Waals surface area contributed by atoms with Crippen LogP contribution in [0.5, 0.6) is 5.75 Å². The van der Waals surface area contributed by atoms with Gasteiger partial charge < -0.3 is 15.0 Å². The van der Waals surface area contributed by atoms with E-state index < -0.39 is 0 Å². The minimum absolute atomic E-state index is 0.319. The normalized spacial score (nSPS) is 22.3. The summed E-state index contributed by atoms with van der Waals surface area (Å²) >= 11 is 0. The third-order valence-corrected chi connectivity index (χ3v) is 6.56. The van der Waals surface area contributed by atoms with Crippen molar-refractivity contribution in [1.82, 2.24) is 4.98 Å². The zero-order valence-corrected chi connectivity index (χ0v) is 17.2. The maximum atomic E-state index is 6.07. The zero-order chi connectivity index (χ0) is 19.6. The molecule has 0 spiro atoms. The lowest BCUT2D eigenvalue weighted by Crippen LogP contribution is -2.28. The van der Waals surface area contributed by atoms with Gasteiger partial charge in [0.2, 0.25) is 0 Å². The highest BCUT2D eigenvalue weighted by molar-refractivity contribution is 5.84. The lowest BCUT2D eigenvalue weighted by atomic mass is 9.77. The minimum Gasteiger partial charge on any atom is -0.494 e. The SMILES string of the molecule is CCCCCCOc1ccc2c(c1)C1C=CCC1C(c1c[nH]c3ccccc13)N2. The van der Waals surface area contributed by atoms with E-state index in [1.165, 1.54) is 47.0 Å². The van der Waals surface area contributed by atoms with Crippen LogP contribution in [0.1, 0.15) is 62.1 Å². The van der Waals surface area contributed by atoms with Crippen LogP contribution in [0.3, 0.4) is 0 Å². The molecular weight excluding hydrogens is 356 g/mol. The van der Waals surface area contributed by atoms with Crippen LogP contribution >= 0.6 is 0 Å². The number of allylic oxidation sites excluding steroid dienone is 2. The zero-order valence-electron chi connectivity index (χ0n) is 17.2. The first-order valence-electron chi connectivity index (χ1n) is 11.1. The summed E-state index contributed by atoms with van der Waals surface area (Å²) in [7, 11) is 0. The lowest BCUT2D eigenvalue weighted by molar-refractivity contribution is 0.304. The second-order valence-electron chi connectivity index (χ2n) is 8.42. The van der Waals surface area contributed by atoms with Gasteiger partial charge in [0.25, 0.3) is 0 Å². The largest absolute Gasteiger partial charge is 0.494 e. The molecule has 3 nitrogen and oxygen atoms in total. The number of benzene rings is 2. The van der Waals surface area contributed by atoms with E-state index in [9.17, 15) is 0 Å². The van der Waals surface area contributed by atoms with Crippen molar-refractivity contribution in [3.63, 3.8) is 0 Å². The summed E-state index contributed by atoms with van der Waals surface area (Å²) in [5.41, 5.74) is 5.21. The molecule has 3 aromatic rings. The summed E-state index contributed by atoms with van der Waals surface area (Å²) in [5, 5.41) is 5.18. The van der Waals surface area contributed by atoms with Gasteiger partial charge in [-0.05, 0) is 54.2 Å². The molecule has 2 aliphatic rings. The van der Waals surface area contributed by atoms with Gasteiger partial charge in [0.15, 0.2) is 0 Å². The molecule has 0 fully saturated rings. The number of fused-ring (bicyclic) bond motifs is 4.